The number of anilines is 1. The molecule has 0 fully saturated rings. The van der Waals surface area contributed by atoms with Crippen molar-refractivity contribution in [3.05, 3.63) is 23.8 Å². The molecule has 1 aromatic rings. The second-order valence-electron chi connectivity index (χ2n) is 4.81. The minimum Gasteiger partial charge on any atom is -0.508 e. The normalized spacial score (nSPS) is 10.7. The molecule has 0 aliphatic carbocycles. The van der Waals surface area contributed by atoms with Crippen molar-refractivity contribution >= 4 is 11.6 Å². The van der Waals surface area contributed by atoms with Gasteiger partial charge in [0.05, 0.1) is 5.56 Å². The van der Waals surface area contributed by atoms with E-state index in [9.17, 15) is 9.90 Å². The van der Waals surface area contributed by atoms with Gasteiger partial charge in [-0.2, -0.15) is 0 Å². The number of benzene rings is 1. The highest BCUT2D eigenvalue weighted by Gasteiger charge is 2.17. The number of phenolic OH excluding ortho intramolecular Hbond substituents is 1. The predicted octanol–water partition coefficient (Wildman–Crippen LogP) is 1.39. The van der Waals surface area contributed by atoms with E-state index in [1.165, 1.54) is 12.1 Å². The van der Waals surface area contributed by atoms with Crippen LogP contribution in [0.3, 0.4) is 0 Å². The zero-order valence-corrected chi connectivity index (χ0v) is 11.9. The Morgan fingerprint density at radius 1 is 1.32 bits per heavy atom. The van der Waals surface area contributed by atoms with Gasteiger partial charge < -0.3 is 20.6 Å². The highest BCUT2D eigenvalue weighted by Crippen LogP contribution is 2.20. The molecule has 1 amide bonds. The van der Waals surface area contributed by atoms with Gasteiger partial charge in [0.2, 0.25) is 0 Å². The number of rotatable bonds is 6. The van der Waals surface area contributed by atoms with Gasteiger partial charge in [0, 0.05) is 18.8 Å². The molecule has 0 unspecified atom stereocenters. The molecule has 0 saturated heterocycles. The molecule has 0 aliphatic rings. The summed E-state index contributed by atoms with van der Waals surface area (Å²) in [7, 11) is 4.01. The average molecular weight is 265 g/mol. The summed E-state index contributed by atoms with van der Waals surface area (Å²) in [6.45, 7) is 4.18. The van der Waals surface area contributed by atoms with E-state index in [1.807, 2.05) is 21.0 Å². The molecule has 5 nitrogen and oxygen atoms in total. The van der Waals surface area contributed by atoms with Crippen LogP contribution in [0.1, 0.15) is 23.7 Å². The first kappa shape index (κ1) is 15.3. The zero-order chi connectivity index (χ0) is 14.4. The van der Waals surface area contributed by atoms with Gasteiger partial charge in [-0.25, -0.2) is 0 Å². The van der Waals surface area contributed by atoms with Crippen LogP contribution in [-0.4, -0.2) is 54.5 Å². The lowest BCUT2D eigenvalue weighted by atomic mass is 10.1. The Balaban J connectivity index is 2.75. The lowest BCUT2D eigenvalue weighted by Crippen LogP contribution is -2.33. The Bertz CT molecular complexity index is 433. The van der Waals surface area contributed by atoms with Crippen molar-refractivity contribution in [1.29, 1.82) is 0 Å². The molecule has 3 N–H and O–H groups in total. The van der Waals surface area contributed by atoms with Crippen molar-refractivity contribution in [3.8, 4) is 5.75 Å². The van der Waals surface area contributed by atoms with Crippen molar-refractivity contribution in [1.82, 2.24) is 9.80 Å². The molecule has 0 radical (unpaired) electrons. The number of carbonyl (C=O) groups excluding carboxylic acids is 1. The third kappa shape index (κ3) is 4.44. The second-order valence-corrected chi connectivity index (χ2v) is 4.81. The van der Waals surface area contributed by atoms with E-state index in [0.717, 1.165) is 13.0 Å². The van der Waals surface area contributed by atoms with Crippen molar-refractivity contribution in [3.63, 3.8) is 0 Å². The fourth-order valence-electron chi connectivity index (χ4n) is 1.88. The summed E-state index contributed by atoms with van der Waals surface area (Å²) in [6, 6.07) is 4.46. The number of nitrogens with two attached hydrogens (primary N) is 1. The largest absolute Gasteiger partial charge is 0.508 e. The number of nitrogens with zero attached hydrogens (tertiary/aromatic N) is 2. The molecule has 1 rings (SSSR count). The molecular weight excluding hydrogens is 242 g/mol. The Morgan fingerprint density at radius 2 is 2.00 bits per heavy atom. The second kappa shape index (κ2) is 6.99. The highest BCUT2D eigenvalue weighted by molar-refractivity contribution is 5.99. The lowest BCUT2D eigenvalue weighted by Gasteiger charge is -2.22. The molecule has 0 aliphatic heterocycles. The summed E-state index contributed by atoms with van der Waals surface area (Å²) in [5.74, 6) is -0.0726. The average Bonchev–Trinajstić information content (AvgIpc) is 2.36. The van der Waals surface area contributed by atoms with E-state index in [1.54, 1.807) is 11.0 Å². The van der Waals surface area contributed by atoms with Crippen molar-refractivity contribution < 1.29 is 9.90 Å². The van der Waals surface area contributed by atoms with Crippen molar-refractivity contribution in [2.45, 2.75) is 13.3 Å². The molecule has 0 atom stereocenters. The summed E-state index contributed by atoms with van der Waals surface area (Å²) in [6.07, 6.45) is 0.908. The molecule has 19 heavy (non-hydrogen) atoms. The molecule has 5 heteroatoms. The van der Waals surface area contributed by atoms with Gasteiger partial charge in [0.15, 0.2) is 0 Å². The monoisotopic (exact) mass is 265 g/mol. The predicted molar refractivity (Wildman–Crippen MR) is 77.3 cm³/mol. The van der Waals surface area contributed by atoms with Crippen molar-refractivity contribution in [2.75, 3.05) is 39.5 Å². The maximum atomic E-state index is 12.3. The summed E-state index contributed by atoms with van der Waals surface area (Å²) in [5, 5.41) is 9.46. The van der Waals surface area contributed by atoms with Gasteiger partial charge >= 0.3 is 0 Å². The Labute approximate surface area is 114 Å². The maximum Gasteiger partial charge on any atom is 0.256 e. The van der Waals surface area contributed by atoms with Crippen LogP contribution in [0.2, 0.25) is 0 Å². The van der Waals surface area contributed by atoms with Crippen LogP contribution in [0.5, 0.6) is 5.75 Å². The molecule has 0 saturated carbocycles. The van der Waals surface area contributed by atoms with Gasteiger partial charge in [-0.3, -0.25) is 4.79 Å². The number of carbonyl (C=O) groups is 1. The smallest absolute Gasteiger partial charge is 0.256 e. The summed E-state index contributed by atoms with van der Waals surface area (Å²) >= 11 is 0. The van der Waals surface area contributed by atoms with E-state index in [-0.39, 0.29) is 11.7 Å². The van der Waals surface area contributed by atoms with Crippen LogP contribution >= 0.6 is 0 Å². The first-order valence-corrected chi connectivity index (χ1v) is 6.48. The van der Waals surface area contributed by atoms with Gasteiger partial charge in [-0.15, -0.1) is 0 Å². The first-order valence-electron chi connectivity index (χ1n) is 6.48. The number of amides is 1. The van der Waals surface area contributed by atoms with E-state index in [2.05, 4.69) is 4.90 Å². The van der Waals surface area contributed by atoms with Gasteiger partial charge in [-0.05, 0) is 52.2 Å². The summed E-state index contributed by atoms with van der Waals surface area (Å²) in [4.78, 5) is 16.2. The topological polar surface area (TPSA) is 69.8 Å². The molecule has 0 bridgehead atoms. The first-order chi connectivity index (χ1) is 8.95. The number of nitrogen functional groups attached to an aromatic ring is 1. The third-order valence-corrected chi connectivity index (χ3v) is 2.97. The number of hydrogen-bond acceptors (Lipinski definition) is 4. The molecule has 0 aromatic heterocycles. The molecular formula is C14H23N3O2. The van der Waals surface area contributed by atoms with Crippen molar-refractivity contribution in [2.24, 2.45) is 0 Å². The van der Waals surface area contributed by atoms with Crippen LogP contribution in [0.15, 0.2) is 18.2 Å². The fourth-order valence-corrected chi connectivity index (χ4v) is 1.88. The Kier molecular flexibility index (Phi) is 5.63. The summed E-state index contributed by atoms with van der Waals surface area (Å²) < 4.78 is 0. The van der Waals surface area contributed by atoms with Crippen LogP contribution in [0, 0.1) is 0 Å². The molecule has 106 valence electrons. The van der Waals surface area contributed by atoms with E-state index < -0.39 is 0 Å². The maximum absolute atomic E-state index is 12.3. The Morgan fingerprint density at radius 3 is 2.58 bits per heavy atom. The Hall–Kier alpha value is -1.75. The molecule has 1 aromatic carbocycles. The third-order valence-electron chi connectivity index (χ3n) is 2.97. The summed E-state index contributed by atoms with van der Waals surface area (Å²) in [5.41, 5.74) is 6.56. The van der Waals surface area contributed by atoms with Gasteiger partial charge in [-0.1, -0.05) is 0 Å². The quantitative estimate of drug-likeness (QED) is 0.602. The number of aromatic hydroxyl groups is 1. The minimum atomic E-state index is -0.130. The standard InChI is InChI=1S/C14H23N3O2/c1-4-17(9-5-8-16(2)3)14(19)12-10-11(18)6-7-13(12)15/h6-7,10,18H,4-5,8-9,15H2,1-3H3. The molecule has 0 spiro atoms. The molecule has 0 heterocycles. The van der Waals surface area contributed by atoms with Gasteiger partial charge in [0.25, 0.3) is 5.91 Å². The zero-order valence-electron chi connectivity index (χ0n) is 11.9. The number of phenols is 1. The van der Waals surface area contributed by atoms with Crippen LogP contribution in [0.4, 0.5) is 5.69 Å². The lowest BCUT2D eigenvalue weighted by molar-refractivity contribution is 0.0760. The number of hydrogen-bond donors (Lipinski definition) is 2. The minimum absolute atomic E-state index is 0.0573. The van der Waals surface area contributed by atoms with Gasteiger partial charge in [0.1, 0.15) is 5.75 Å². The fraction of sp³-hybridized carbons (Fsp3) is 0.500. The van der Waals surface area contributed by atoms with E-state index in [0.29, 0.717) is 24.3 Å². The van der Waals surface area contributed by atoms with E-state index in [4.69, 9.17) is 5.73 Å². The van der Waals surface area contributed by atoms with Crippen LogP contribution in [0.25, 0.3) is 0 Å². The van der Waals surface area contributed by atoms with E-state index >= 15 is 0 Å². The van der Waals surface area contributed by atoms with Crippen LogP contribution in [-0.2, 0) is 0 Å². The van der Waals surface area contributed by atoms with Crippen LogP contribution < -0.4 is 5.73 Å². The highest BCUT2D eigenvalue weighted by atomic mass is 16.3. The SMILES string of the molecule is CCN(CCCN(C)C)C(=O)c1cc(O)ccc1N.